The molecule has 4 nitrogen and oxygen atoms in total. The van der Waals surface area contributed by atoms with Gasteiger partial charge in [0.05, 0.1) is 6.61 Å². The third-order valence-corrected chi connectivity index (χ3v) is 4.82. The standard InChI is InChI=1S/C18H26N2O2/c1-2-3-13-22-17(21)19-11-12-20(18(15-19)9-10-18)14-16-7-5-4-6-8-16/h4-8H,2-3,9-15H2,1H3. The van der Waals surface area contributed by atoms with Crippen LogP contribution in [0.2, 0.25) is 0 Å². The molecular formula is C18H26N2O2. The first-order chi connectivity index (χ1) is 10.7. The molecule has 2 aliphatic rings. The van der Waals surface area contributed by atoms with Crippen LogP contribution in [-0.4, -0.2) is 47.7 Å². The molecule has 1 aromatic rings. The van der Waals surface area contributed by atoms with Crippen molar-refractivity contribution in [3.63, 3.8) is 0 Å². The Hall–Kier alpha value is -1.55. The summed E-state index contributed by atoms with van der Waals surface area (Å²) in [5.41, 5.74) is 1.56. The number of unbranched alkanes of at least 4 members (excludes halogenated alkanes) is 1. The largest absolute Gasteiger partial charge is 0.449 e. The van der Waals surface area contributed by atoms with Crippen LogP contribution in [0.5, 0.6) is 0 Å². The molecule has 120 valence electrons. The molecule has 1 aliphatic heterocycles. The van der Waals surface area contributed by atoms with Crippen LogP contribution < -0.4 is 0 Å². The van der Waals surface area contributed by atoms with Gasteiger partial charge in [-0.1, -0.05) is 43.7 Å². The smallest absolute Gasteiger partial charge is 0.409 e. The van der Waals surface area contributed by atoms with E-state index in [2.05, 4.69) is 42.2 Å². The fourth-order valence-corrected chi connectivity index (χ4v) is 3.23. The molecule has 0 bridgehead atoms. The second kappa shape index (κ2) is 6.69. The second-order valence-electron chi connectivity index (χ2n) is 6.52. The van der Waals surface area contributed by atoms with Gasteiger partial charge in [-0.05, 0) is 24.8 Å². The SMILES string of the molecule is CCCCOC(=O)N1CCN(Cc2ccccc2)C2(CC2)C1. The Bertz CT molecular complexity index is 499. The van der Waals surface area contributed by atoms with Crippen molar-refractivity contribution in [1.29, 1.82) is 0 Å². The lowest BCUT2D eigenvalue weighted by Gasteiger charge is -2.41. The maximum Gasteiger partial charge on any atom is 0.409 e. The fourth-order valence-electron chi connectivity index (χ4n) is 3.23. The molecule has 0 radical (unpaired) electrons. The highest BCUT2D eigenvalue weighted by atomic mass is 16.6. The van der Waals surface area contributed by atoms with Gasteiger partial charge in [-0.15, -0.1) is 0 Å². The summed E-state index contributed by atoms with van der Waals surface area (Å²) in [6, 6.07) is 10.6. The lowest BCUT2D eigenvalue weighted by molar-refractivity contribution is 0.0368. The van der Waals surface area contributed by atoms with Crippen LogP contribution in [-0.2, 0) is 11.3 Å². The van der Waals surface area contributed by atoms with Gasteiger partial charge >= 0.3 is 6.09 Å². The summed E-state index contributed by atoms with van der Waals surface area (Å²) in [6.07, 6.45) is 4.27. The average molecular weight is 302 g/mol. The minimum absolute atomic E-state index is 0.126. The number of benzene rings is 1. The highest BCUT2D eigenvalue weighted by Crippen LogP contribution is 2.45. The van der Waals surface area contributed by atoms with E-state index in [1.165, 1.54) is 18.4 Å². The van der Waals surface area contributed by atoms with Crippen LogP contribution >= 0.6 is 0 Å². The molecule has 1 saturated carbocycles. The lowest BCUT2D eigenvalue weighted by atomic mass is 10.1. The highest BCUT2D eigenvalue weighted by Gasteiger charge is 2.52. The van der Waals surface area contributed by atoms with Gasteiger partial charge in [-0.25, -0.2) is 4.79 Å². The number of nitrogens with zero attached hydrogens (tertiary/aromatic N) is 2. The normalized spacial score (nSPS) is 20.1. The molecule has 22 heavy (non-hydrogen) atoms. The van der Waals surface area contributed by atoms with Gasteiger partial charge in [0.2, 0.25) is 0 Å². The fraction of sp³-hybridized carbons (Fsp3) is 0.611. The van der Waals surface area contributed by atoms with Crippen molar-refractivity contribution in [2.24, 2.45) is 0 Å². The zero-order chi connectivity index (χ0) is 15.4. The van der Waals surface area contributed by atoms with Crippen LogP contribution in [0.1, 0.15) is 38.2 Å². The highest BCUT2D eigenvalue weighted by molar-refractivity contribution is 5.68. The molecule has 0 aromatic heterocycles. The summed E-state index contributed by atoms with van der Waals surface area (Å²) in [6.45, 7) is 6.18. The molecule has 4 heteroatoms. The summed E-state index contributed by atoms with van der Waals surface area (Å²) in [5.74, 6) is 0. The van der Waals surface area contributed by atoms with E-state index in [-0.39, 0.29) is 11.6 Å². The first-order valence-corrected chi connectivity index (χ1v) is 8.44. The zero-order valence-electron chi connectivity index (χ0n) is 13.5. The zero-order valence-corrected chi connectivity index (χ0v) is 13.5. The maximum atomic E-state index is 12.1. The van der Waals surface area contributed by atoms with Crippen LogP contribution in [0, 0.1) is 0 Å². The number of piperazine rings is 1. The van der Waals surface area contributed by atoms with Crippen LogP contribution in [0.15, 0.2) is 30.3 Å². The van der Waals surface area contributed by atoms with Crippen LogP contribution in [0.3, 0.4) is 0 Å². The predicted octanol–water partition coefficient (Wildman–Crippen LogP) is 3.27. The van der Waals surface area contributed by atoms with E-state index in [1.807, 2.05) is 4.90 Å². The van der Waals surface area contributed by atoms with Crippen molar-refractivity contribution in [3.05, 3.63) is 35.9 Å². The molecule has 1 amide bonds. The van der Waals surface area contributed by atoms with Crippen LogP contribution in [0.4, 0.5) is 4.79 Å². The topological polar surface area (TPSA) is 32.8 Å². The average Bonchev–Trinajstić information content (AvgIpc) is 3.31. The number of amides is 1. The number of rotatable bonds is 5. The molecule has 2 fully saturated rings. The van der Waals surface area contributed by atoms with Gasteiger partial charge in [0.25, 0.3) is 0 Å². The molecule has 1 aliphatic carbocycles. The van der Waals surface area contributed by atoms with Gasteiger partial charge in [-0.3, -0.25) is 4.90 Å². The number of carbonyl (C=O) groups excluding carboxylic acids is 1. The summed E-state index contributed by atoms with van der Waals surface area (Å²) >= 11 is 0. The Kier molecular flexibility index (Phi) is 4.67. The lowest BCUT2D eigenvalue weighted by Crippen LogP contribution is -2.56. The summed E-state index contributed by atoms with van der Waals surface area (Å²) in [7, 11) is 0. The molecule has 1 aromatic carbocycles. The molecule has 3 rings (SSSR count). The van der Waals surface area contributed by atoms with Crippen molar-refractivity contribution >= 4 is 6.09 Å². The predicted molar refractivity (Wildman–Crippen MR) is 86.6 cm³/mol. The van der Waals surface area contributed by atoms with Crippen molar-refractivity contribution < 1.29 is 9.53 Å². The second-order valence-corrected chi connectivity index (χ2v) is 6.52. The van der Waals surface area contributed by atoms with E-state index < -0.39 is 0 Å². The van der Waals surface area contributed by atoms with Gasteiger partial charge in [0, 0.05) is 31.7 Å². The van der Waals surface area contributed by atoms with Crippen molar-refractivity contribution in [2.45, 2.75) is 44.7 Å². The van der Waals surface area contributed by atoms with E-state index >= 15 is 0 Å². The Morgan fingerprint density at radius 1 is 1.23 bits per heavy atom. The maximum absolute atomic E-state index is 12.1. The molecule has 0 N–H and O–H groups in total. The third-order valence-electron chi connectivity index (χ3n) is 4.82. The van der Waals surface area contributed by atoms with E-state index in [1.54, 1.807) is 0 Å². The van der Waals surface area contributed by atoms with Crippen molar-refractivity contribution in [1.82, 2.24) is 9.80 Å². The molecule has 1 heterocycles. The summed E-state index contributed by atoms with van der Waals surface area (Å²) < 4.78 is 5.37. The monoisotopic (exact) mass is 302 g/mol. The van der Waals surface area contributed by atoms with E-state index in [0.29, 0.717) is 6.61 Å². The quantitative estimate of drug-likeness (QED) is 0.783. The summed E-state index contributed by atoms with van der Waals surface area (Å²) in [5, 5.41) is 0. The Morgan fingerprint density at radius 3 is 2.68 bits per heavy atom. The minimum atomic E-state index is -0.126. The number of hydrogen-bond donors (Lipinski definition) is 0. The Labute approximate surface area is 133 Å². The molecule has 1 spiro atoms. The van der Waals surface area contributed by atoms with Crippen molar-refractivity contribution in [3.8, 4) is 0 Å². The van der Waals surface area contributed by atoms with E-state index in [9.17, 15) is 4.79 Å². The van der Waals surface area contributed by atoms with Gasteiger partial charge in [0.1, 0.15) is 0 Å². The molecule has 0 atom stereocenters. The number of ether oxygens (including phenoxy) is 1. The van der Waals surface area contributed by atoms with E-state index in [0.717, 1.165) is 39.0 Å². The molecule has 0 unspecified atom stereocenters. The third kappa shape index (κ3) is 3.43. The Morgan fingerprint density at radius 2 is 2.00 bits per heavy atom. The van der Waals surface area contributed by atoms with Gasteiger partial charge in [-0.2, -0.15) is 0 Å². The Balaban J connectivity index is 1.55. The van der Waals surface area contributed by atoms with Crippen LogP contribution in [0.25, 0.3) is 0 Å². The van der Waals surface area contributed by atoms with Gasteiger partial charge < -0.3 is 9.64 Å². The van der Waals surface area contributed by atoms with E-state index in [4.69, 9.17) is 4.74 Å². The number of hydrogen-bond acceptors (Lipinski definition) is 3. The molecular weight excluding hydrogens is 276 g/mol. The van der Waals surface area contributed by atoms with Crippen molar-refractivity contribution in [2.75, 3.05) is 26.2 Å². The first-order valence-electron chi connectivity index (χ1n) is 8.44. The minimum Gasteiger partial charge on any atom is -0.449 e. The number of carbonyl (C=O) groups is 1. The molecule has 1 saturated heterocycles. The van der Waals surface area contributed by atoms with Gasteiger partial charge in [0.15, 0.2) is 0 Å². The summed E-state index contributed by atoms with van der Waals surface area (Å²) in [4.78, 5) is 16.6. The first kappa shape index (κ1) is 15.3.